The summed E-state index contributed by atoms with van der Waals surface area (Å²) < 4.78 is 6.12. The van der Waals surface area contributed by atoms with Gasteiger partial charge in [-0.3, -0.25) is 14.5 Å². The van der Waals surface area contributed by atoms with E-state index in [1.54, 1.807) is 7.05 Å². The summed E-state index contributed by atoms with van der Waals surface area (Å²) in [5.41, 5.74) is 0. The molecule has 1 atom stereocenters. The maximum Gasteiger partial charge on any atom is 0.239 e. The molecule has 2 heterocycles. The van der Waals surface area contributed by atoms with Crippen LogP contribution in [0.15, 0.2) is 15.9 Å². The predicted molar refractivity (Wildman–Crippen MR) is 76.6 cm³/mol. The molecule has 1 aliphatic heterocycles. The number of hydrogen-bond donors (Lipinski definition) is 1. The third-order valence-corrected chi connectivity index (χ3v) is 4.88. The number of nitrogens with one attached hydrogen (secondary N) is 1. The van der Waals surface area contributed by atoms with Crippen molar-refractivity contribution in [2.24, 2.45) is 0 Å². The van der Waals surface area contributed by atoms with E-state index in [4.69, 9.17) is 4.74 Å². The summed E-state index contributed by atoms with van der Waals surface area (Å²) in [7, 11) is 1.59. The first-order valence-corrected chi connectivity index (χ1v) is 7.60. The molecule has 1 N–H and O–H groups in total. The molecule has 0 radical (unpaired) electrons. The number of hydrogen-bond acceptors (Lipinski definition) is 5. The Labute approximate surface area is 124 Å². The number of morpholine rings is 1. The van der Waals surface area contributed by atoms with Crippen LogP contribution in [0.5, 0.6) is 0 Å². The Balaban J connectivity index is 2.05. The lowest BCUT2D eigenvalue weighted by Crippen LogP contribution is -2.54. The number of nitrogens with zero attached hydrogens (tertiary/aromatic N) is 1. The SMILES string of the molecule is CNC(=O)C1COCCN1CC(=O)c1sccc1Br. The molecule has 7 heteroatoms. The molecule has 1 amide bonds. The zero-order chi connectivity index (χ0) is 13.8. The molecule has 0 saturated carbocycles. The second-order valence-corrected chi connectivity index (χ2v) is 5.97. The summed E-state index contributed by atoms with van der Waals surface area (Å²) in [6, 6.07) is 1.47. The number of rotatable bonds is 4. The van der Waals surface area contributed by atoms with Gasteiger partial charge in [0.15, 0.2) is 5.78 Å². The number of amides is 1. The van der Waals surface area contributed by atoms with Gasteiger partial charge in [-0.15, -0.1) is 11.3 Å². The van der Waals surface area contributed by atoms with Crippen molar-refractivity contribution in [3.63, 3.8) is 0 Å². The second kappa shape index (κ2) is 6.60. The van der Waals surface area contributed by atoms with Gasteiger partial charge in [0.2, 0.25) is 5.91 Å². The third kappa shape index (κ3) is 3.42. The Morgan fingerprint density at radius 1 is 1.63 bits per heavy atom. The molecule has 1 aliphatic rings. The van der Waals surface area contributed by atoms with E-state index in [2.05, 4.69) is 21.2 Å². The van der Waals surface area contributed by atoms with Gasteiger partial charge in [-0.25, -0.2) is 0 Å². The van der Waals surface area contributed by atoms with E-state index in [0.717, 1.165) is 4.47 Å². The van der Waals surface area contributed by atoms with E-state index in [0.29, 0.717) is 24.6 Å². The fraction of sp³-hybridized carbons (Fsp3) is 0.500. The van der Waals surface area contributed by atoms with Crippen molar-refractivity contribution < 1.29 is 14.3 Å². The van der Waals surface area contributed by atoms with Gasteiger partial charge < -0.3 is 10.1 Å². The van der Waals surface area contributed by atoms with E-state index in [1.165, 1.54) is 11.3 Å². The first-order valence-electron chi connectivity index (χ1n) is 5.93. The summed E-state index contributed by atoms with van der Waals surface area (Å²) in [5, 5.41) is 4.47. The molecular formula is C12H15BrN2O3S. The fourth-order valence-corrected chi connectivity index (χ4v) is 3.51. The highest BCUT2D eigenvalue weighted by Gasteiger charge is 2.30. The lowest BCUT2D eigenvalue weighted by Gasteiger charge is -2.33. The van der Waals surface area contributed by atoms with E-state index >= 15 is 0 Å². The van der Waals surface area contributed by atoms with Crippen LogP contribution in [0.25, 0.3) is 0 Å². The minimum Gasteiger partial charge on any atom is -0.378 e. The van der Waals surface area contributed by atoms with Crippen LogP contribution in [-0.4, -0.2) is 56.0 Å². The molecule has 2 rings (SSSR count). The lowest BCUT2D eigenvalue weighted by atomic mass is 10.2. The van der Waals surface area contributed by atoms with Crippen LogP contribution in [0.4, 0.5) is 0 Å². The zero-order valence-electron chi connectivity index (χ0n) is 10.5. The number of Topliss-reactive ketones (excluding diaryl/α,β-unsaturated/α-hetero) is 1. The topological polar surface area (TPSA) is 58.6 Å². The van der Waals surface area contributed by atoms with Gasteiger partial charge in [0.05, 0.1) is 24.6 Å². The summed E-state index contributed by atoms with van der Waals surface area (Å²) in [6.07, 6.45) is 0. The summed E-state index contributed by atoms with van der Waals surface area (Å²) >= 11 is 4.76. The van der Waals surface area contributed by atoms with E-state index in [9.17, 15) is 9.59 Å². The highest BCUT2D eigenvalue weighted by molar-refractivity contribution is 9.10. The van der Waals surface area contributed by atoms with Crippen molar-refractivity contribution in [3.8, 4) is 0 Å². The summed E-state index contributed by atoms with van der Waals surface area (Å²) in [6.45, 7) is 1.71. The molecule has 1 unspecified atom stereocenters. The van der Waals surface area contributed by atoms with Crippen LogP contribution in [-0.2, 0) is 9.53 Å². The Kier molecular flexibility index (Phi) is 5.09. The van der Waals surface area contributed by atoms with Gasteiger partial charge in [0, 0.05) is 18.1 Å². The fourth-order valence-electron chi connectivity index (χ4n) is 1.98. The maximum atomic E-state index is 12.2. The molecule has 1 saturated heterocycles. The highest BCUT2D eigenvalue weighted by atomic mass is 79.9. The first-order chi connectivity index (χ1) is 9.13. The van der Waals surface area contributed by atoms with Gasteiger partial charge in [0.1, 0.15) is 6.04 Å². The number of likely N-dealkylation sites (N-methyl/N-ethyl adjacent to an activating group) is 1. The quantitative estimate of drug-likeness (QED) is 0.830. The number of carbonyl (C=O) groups is 2. The minimum absolute atomic E-state index is 0.0256. The first kappa shape index (κ1) is 14.6. The third-order valence-electron chi connectivity index (χ3n) is 3.01. The number of carbonyl (C=O) groups excluding carboxylic acids is 2. The molecule has 1 fully saturated rings. The van der Waals surface area contributed by atoms with Gasteiger partial charge in [0.25, 0.3) is 0 Å². The average Bonchev–Trinajstić information content (AvgIpc) is 2.85. The summed E-state index contributed by atoms with van der Waals surface area (Å²) in [5.74, 6) is -0.0876. The predicted octanol–water partition coefficient (Wildman–Crippen LogP) is 1.14. The van der Waals surface area contributed by atoms with Crippen molar-refractivity contribution in [1.29, 1.82) is 0 Å². The second-order valence-electron chi connectivity index (χ2n) is 4.20. The van der Waals surface area contributed by atoms with E-state index in [-0.39, 0.29) is 24.3 Å². The van der Waals surface area contributed by atoms with Crippen molar-refractivity contribution in [3.05, 3.63) is 20.8 Å². The molecule has 1 aromatic heterocycles. The molecule has 0 aliphatic carbocycles. The monoisotopic (exact) mass is 346 g/mol. The van der Waals surface area contributed by atoms with Crippen molar-refractivity contribution in [2.45, 2.75) is 6.04 Å². The zero-order valence-corrected chi connectivity index (χ0v) is 12.9. The summed E-state index contributed by atoms with van der Waals surface area (Å²) in [4.78, 5) is 26.5. The van der Waals surface area contributed by atoms with Gasteiger partial charge in [-0.05, 0) is 27.4 Å². The van der Waals surface area contributed by atoms with E-state index < -0.39 is 0 Å². The number of thiophene rings is 1. The molecule has 5 nitrogen and oxygen atoms in total. The van der Waals surface area contributed by atoms with Crippen LogP contribution in [0.1, 0.15) is 9.67 Å². The average molecular weight is 347 g/mol. The van der Waals surface area contributed by atoms with Crippen molar-refractivity contribution in [1.82, 2.24) is 10.2 Å². The number of halogens is 1. The minimum atomic E-state index is -0.388. The van der Waals surface area contributed by atoms with Gasteiger partial charge >= 0.3 is 0 Å². The van der Waals surface area contributed by atoms with Crippen LogP contribution in [0, 0.1) is 0 Å². The van der Waals surface area contributed by atoms with Crippen LogP contribution in [0.2, 0.25) is 0 Å². The van der Waals surface area contributed by atoms with E-state index in [1.807, 2.05) is 16.3 Å². The molecule has 0 spiro atoms. The lowest BCUT2D eigenvalue weighted by molar-refractivity contribution is -0.131. The molecule has 104 valence electrons. The molecular weight excluding hydrogens is 332 g/mol. The molecule has 0 aromatic carbocycles. The Morgan fingerprint density at radius 3 is 3.05 bits per heavy atom. The Hall–Kier alpha value is -0.760. The normalized spacial score (nSPS) is 20.2. The Morgan fingerprint density at radius 2 is 2.42 bits per heavy atom. The largest absolute Gasteiger partial charge is 0.378 e. The Bertz CT molecular complexity index is 477. The molecule has 19 heavy (non-hydrogen) atoms. The van der Waals surface area contributed by atoms with Crippen LogP contribution < -0.4 is 5.32 Å². The smallest absolute Gasteiger partial charge is 0.239 e. The standard InChI is InChI=1S/C12H15BrN2O3S/c1-14-12(17)9-7-18-4-3-15(9)6-10(16)11-8(13)2-5-19-11/h2,5,9H,3-4,6-7H2,1H3,(H,14,17). The van der Waals surface area contributed by atoms with Crippen LogP contribution >= 0.6 is 27.3 Å². The van der Waals surface area contributed by atoms with Crippen molar-refractivity contribution >= 4 is 39.0 Å². The van der Waals surface area contributed by atoms with Gasteiger partial charge in [-0.1, -0.05) is 0 Å². The number of ketones is 1. The van der Waals surface area contributed by atoms with Crippen molar-refractivity contribution in [2.75, 3.05) is 33.4 Å². The highest BCUT2D eigenvalue weighted by Crippen LogP contribution is 2.23. The number of ether oxygens (including phenoxy) is 1. The van der Waals surface area contributed by atoms with Crippen LogP contribution in [0.3, 0.4) is 0 Å². The van der Waals surface area contributed by atoms with Gasteiger partial charge in [-0.2, -0.15) is 0 Å². The molecule has 1 aromatic rings. The maximum absolute atomic E-state index is 12.2. The molecule has 0 bridgehead atoms.